The minimum atomic E-state index is -1.34. The maximum atomic E-state index is 4.82. The molecule has 0 saturated heterocycles. The summed E-state index contributed by atoms with van der Waals surface area (Å²) in [7, 11) is -0.173. The Hall–Kier alpha value is 0.316. The molecule has 0 atom stereocenters. The van der Waals surface area contributed by atoms with Crippen molar-refractivity contribution in [3.8, 4) is 0 Å². The number of rotatable bonds is 2. The topological polar surface area (TPSA) is 12.9 Å². The van der Waals surface area contributed by atoms with E-state index in [4.69, 9.17) is 4.75 Å². The van der Waals surface area contributed by atoms with Crippen LogP contribution in [0.1, 0.15) is 32.0 Å². The Morgan fingerprint density at radius 3 is 1.72 bits per heavy atom. The summed E-state index contributed by atoms with van der Waals surface area (Å²) in [6.45, 7) is 13.9. The van der Waals surface area contributed by atoms with E-state index in [-0.39, 0.29) is 22.5 Å². The van der Waals surface area contributed by atoms with Gasteiger partial charge in [-0.1, -0.05) is 40.4 Å². The Bertz CT molecular complexity index is 516. The maximum absolute atomic E-state index is 4.82. The van der Waals surface area contributed by atoms with Crippen LogP contribution >= 0.6 is 8.35 Å². The minimum absolute atomic E-state index is 0. The van der Waals surface area contributed by atoms with Crippen LogP contribution in [0.15, 0.2) is 6.07 Å². The van der Waals surface area contributed by atoms with Crippen LogP contribution in [0.3, 0.4) is 0 Å². The zero-order chi connectivity index (χ0) is 17.8. The van der Waals surface area contributed by atoms with Gasteiger partial charge >= 0.3 is 0 Å². The molecule has 10 radical (unpaired) electrons. The summed E-state index contributed by atoms with van der Waals surface area (Å²) in [4.78, 5) is 1.55. The quantitative estimate of drug-likeness (QED) is 0.606. The van der Waals surface area contributed by atoms with Crippen LogP contribution in [-0.2, 0) is 22.5 Å². The van der Waals surface area contributed by atoms with Gasteiger partial charge in [-0.05, 0) is 74.3 Å². The summed E-state index contributed by atoms with van der Waals surface area (Å²) in [5.41, 5.74) is 2.76. The predicted molar refractivity (Wildman–Crippen MR) is 109 cm³/mol. The Morgan fingerprint density at radius 2 is 1.32 bits per heavy atom. The maximum Gasteiger partial charge on any atom is 0.0858 e. The second-order valence-electron chi connectivity index (χ2n) is 8.13. The largest absolute Gasteiger partial charge is 0.232 e. The van der Waals surface area contributed by atoms with Crippen LogP contribution in [0, 0.1) is 63.7 Å². The molecule has 0 amide bonds. The molecule has 0 aliphatic heterocycles. The van der Waals surface area contributed by atoms with Gasteiger partial charge in [0.05, 0.1) is 13.8 Å². The molecule has 1 aromatic rings. The molecule has 2 aliphatic rings. The second kappa shape index (κ2) is 10.0. The first-order valence-corrected chi connectivity index (χ1v) is 12.8. The van der Waals surface area contributed by atoms with Gasteiger partial charge in [-0.15, -0.1) is 0 Å². The van der Waals surface area contributed by atoms with E-state index in [1.54, 1.807) is 4.92 Å². The average Bonchev–Trinajstić information content (AvgIpc) is 3.21. The average molecular weight is 409 g/mol. The van der Waals surface area contributed by atoms with E-state index in [1.165, 1.54) is 17.2 Å². The summed E-state index contributed by atoms with van der Waals surface area (Å²) < 4.78 is 4.82. The molecule has 134 valence electrons. The molecular formula is C21H28FeNPSi. The molecule has 0 aromatic carbocycles. The normalized spacial score (nSPS) is 18.8. The summed E-state index contributed by atoms with van der Waals surface area (Å²) in [5, 5.41) is 0. The van der Waals surface area contributed by atoms with Gasteiger partial charge < -0.3 is 0 Å². The molecule has 4 heteroatoms. The molecule has 25 heavy (non-hydrogen) atoms. The van der Waals surface area contributed by atoms with Crippen molar-refractivity contribution in [1.29, 1.82) is 0 Å². The standard InChI is InChI=1S/C16H23NPSi.C5H5.Fe/c1-16(2,3)14-11-13(12-9-7-8-10-12)15(18-17-14)19(4,5)6;1-2-4-5-3-1;/h7-11H,1-6H3;1-5H;. The fourth-order valence-electron chi connectivity index (χ4n) is 2.41. The molecule has 0 bridgehead atoms. The second-order valence-corrected chi connectivity index (χ2v) is 14.4. The molecule has 1 nitrogen and oxygen atoms in total. The molecule has 1 heterocycles. The van der Waals surface area contributed by atoms with Gasteiger partial charge in [0.2, 0.25) is 0 Å². The van der Waals surface area contributed by atoms with Crippen molar-refractivity contribution in [2.45, 2.75) is 45.8 Å². The van der Waals surface area contributed by atoms with Gasteiger partial charge in [-0.25, -0.2) is 4.75 Å². The summed E-state index contributed by atoms with van der Waals surface area (Å²) >= 11 is 0. The van der Waals surface area contributed by atoms with Crippen molar-refractivity contribution in [2.75, 3.05) is 0 Å². The number of aromatic nitrogens is 1. The third-order valence-corrected chi connectivity index (χ3v) is 8.56. The van der Waals surface area contributed by atoms with Crippen molar-refractivity contribution >= 4 is 21.3 Å². The number of hydrogen-bond acceptors (Lipinski definition) is 1. The molecule has 0 spiro atoms. The fourth-order valence-corrected chi connectivity index (χ4v) is 5.65. The first-order chi connectivity index (χ1) is 11.2. The van der Waals surface area contributed by atoms with Crippen molar-refractivity contribution in [3.05, 3.63) is 81.0 Å². The van der Waals surface area contributed by atoms with Crippen LogP contribution < -0.4 is 4.92 Å². The van der Waals surface area contributed by atoms with Crippen molar-refractivity contribution < 1.29 is 17.1 Å². The van der Waals surface area contributed by atoms with Crippen LogP contribution in [0.2, 0.25) is 19.6 Å². The summed E-state index contributed by atoms with van der Waals surface area (Å²) in [5.74, 6) is 1.35. The number of nitrogens with zero attached hydrogens (tertiary/aromatic N) is 1. The van der Waals surface area contributed by atoms with Crippen molar-refractivity contribution in [3.63, 3.8) is 0 Å². The Kier molecular flexibility index (Phi) is 9.36. The Labute approximate surface area is 169 Å². The fraction of sp³-hybridized carbons (Fsp3) is 0.333. The van der Waals surface area contributed by atoms with E-state index in [1.807, 2.05) is 32.1 Å². The molecule has 0 N–H and O–H groups in total. The van der Waals surface area contributed by atoms with Crippen molar-refractivity contribution in [2.24, 2.45) is 0 Å². The van der Waals surface area contributed by atoms with E-state index >= 15 is 0 Å². The summed E-state index contributed by atoms with van der Waals surface area (Å²) in [6, 6.07) is 2.32. The van der Waals surface area contributed by atoms with E-state index in [2.05, 4.69) is 72.2 Å². The first kappa shape index (κ1) is 23.4. The third-order valence-electron chi connectivity index (χ3n) is 3.80. The van der Waals surface area contributed by atoms with Crippen LogP contribution in [0.4, 0.5) is 0 Å². The third kappa shape index (κ3) is 7.09. The minimum Gasteiger partial charge on any atom is -0.232 e. The molecule has 2 saturated carbocycles. The van der Waals surface area contributed by atoms with Gasteiger partial charge in [0.15, 0.2) is 0 Å². The Balaban J connectivity index is 0.000000448. The smallest absolute Gasteiger partial charge is 0.0858 e. The monoisotopic (exact) mass is 409 g/mol. The SMILES string of the molecule is CC(C)(C)c1cc([C]2[CH][CH][CH][CH]2)c([Si](C)(C)C)pn1.[CH]1[CH][CH][CH][CH]1.[Fe]. The van der Waals surface area contributed by atoms with E-state index < -0.39 is 8.07 Å². The predicted octanol–water partition coefficient (Wildman–Crippen LogP) is 5.28. The zero-order valence-electron chi connectivity index (χ0n) is 16.0. The molecule has 1 aromatic heterocycles. The van der Waals surface area contributed by atoms with E-state index in [9.17, 15) is 0 Å². The van der Waals surface area contributed by atoms with Gasteiger partial charge in [0, 0.05) is 36.8 Å². The van der Waals surface area contributed by atoms with Crippen molar-refractivity contribution in [1.82, 2.24) is 4.75 Å². The molecule has 2 fully saturated rings. The van der Waals surface area contributed by atoms with Gasteiger partial charge in [0.25, 0.3) is 0 Å². The molecule has 0 unspecified atom stereocenters. The molecule has 2 aliphatic carbocycles. The molecular weight excluding hydrogens is 381 g/mol. The van der Waals surface area contributed by atoms with Gasteiger partial charge in [0.1, 0.15) is 0 Å². The van der Waals surface area contributed by atoms with E-state index in [0.717, 1.165) is 8.35 Å². The molecule has 3 rings (SSSR count). The van der Waals surface area contributed by atoms with Gasteiger partial charge in [-0.2, -0.15) is 0 Å². The zero-order valence-corrected chi connectivity index (χ0v) is 19.0. The van der Waals surface area contributed by atoms with Gasteiger partial charge in [-0.3, -0.25) is 0 Å². The van der Waals surface area contributed by atoms with E-state index in [0.29, 0.717) is 0 Å². The summed E-state index contributed by atoms with van der Waals surface area (Å²) in [6.07, 6.45) is 18.7. The van der Waals surface area contributed by atoms with Crippen LogP contribution in [0.25, 0.3) is 0 Å². The van der Waals surface area contributed by atoms with Crippen LogP contribution in [-0.4, -0.2) is 12.8 Å². The Morgan fingerprint density at radius 1 is 0.840 bits per heavy atom. The van der Waals surface area contributed by atoms with Crippen LogP contribution in [0.5, 0.6) is 0 Å². The number of hydrogen-bond donors (Lipinski definition) is 0. The first-order valence-electron chi connectivity index (χ1n) is 8.47.